The fraction of sp³-hybridized carbons (Fsp3) is 0.632. The lowest BCUT2D eigenvalue weighted by Gasteiger charge is -2.31. The third-order valence-electron chi connectivity index (χ3n) is 5.65. The predicted molar refractivity (Wildman–Crippen MR) is 107 cm³/mol. The Morgan fingerprint density at radius 3 is 2.81 bits per heavy atom. The van der Waals surface area contributed by atoms with Crippen LogP contribution in [0.1, 0.15) is 55.4 Å². The van der Waals surface area contributed by atoms with Gasteiger partial charge in [0.2, 0.25) is 5.91 Å². The van der Waals surface area contributed by atoms with Crippen molar-refractivity contribution in [2.75, 3.05) is 12.8 Å². The molecule has 7 heteroatoms. The van der Waals surface area contributed by atoms with Gasteiger partial charge < -0.3 is 9.88 Å². The number of thioether (sulfide) groups is 1. The lowest BCUT2D eigenvalue weighted by molar-refractivity contribution is -0.129. The number of H-pyrrole nitrogens is 1. The quantitative estimate of drug-likeness (QED) is 0.637. The lowest BCUT2D eigenvalue weighted by Crippen LogP contribution is -2.39. The van der Waals surface area contributed by atoms with Crippen LogP contribution in [0.5, 0.6) is 0 Å². The van der Waals surface area contributed by atoms with E-state index in [-0.39, 0.29) is 11.5 Å². The lowest BCUT2D eigenvalue weighted by atomic mass is 9.94. The molecule has 0 spiro atoms. The monoisotopic (exact) mass is 391 g/mol. The molecule has 4 rings (SSSR count). The summed E-state index contributed by atoms with van der Waals surface area (Å²) in [6.07, 6.45) is 10.3. The van der Waals surface area contributed by atoms with Crippen LogP contribution < -0.4 is 5.56 Å². The summed E-state index contributed by atoms with van der Waals surface area (Å²) in [5, 5.41) is 1.34. The van der Waals surface area contributed by atoms with Crippen molar-refractivity contribution in [3.63, 3.8) is 0 Å². The summed E-state index contributed by atoms with van der Waals surface area (Å²) < 4.78 is 0. The normalized spacial score (nSPS) is 18.0. The fourth-order valence-electron chi connectivity index (χ4n) is 4.12. The number of aryl methyl sites for hydroxylation is 2. The molecule has 0 aromatic carbocycles. The molecule has 0 unspecified atom stereocenters. The second kappa shape index (κ2) is 7.72. The van der Waals surface area contributed by atoms with Gasteiger partial charge in [-0.2, -0.15) is 0 Å². The molecule has 1 N–H and O–H groups in total. The molecule has 2 aromatic rings. The van der Waals surface area contributed by atoms with Crippen LogP contribution in [0, 0.1) is 0 Å². The van der Waals surface area contributed by atoms with Crippen molar-refractivity contribution in [2.45, 2.75) is 69.0 Å². The number of hydrogen-bond acceptors (Lipinski definition) is 5. The molecular formula is C19H25N3O2S2. The van der Waals surface area contributed by atoms with E-state index < -0.39 is 0 Å². The first kappa shape index (κ1) is 18.0. The summed E-state index contributed by atoms with van der Waals surface area (Å²) >= 11 is 3.00. The van der Waals surface area contributed by atoms with Gasteiger partial charge in [0.1, 0.15) is 4.83 Å². The highest BCUT2D eigenvalue weighted by atomic mass is 32.2. The SMILES string of the molecule is CN(C(=O)CSc1nc2sc3c(c2c(=O)[nH]1)CCCC3)C1CCCCC1. The van der Waals surface area contributed by atoms with Gasteiger partial charge in [0.15, 0.2) is 5.16 Å². The molecule has 1 fully saturated rings. The van der Waals surface area contributed by atoms with Crippen molar-refractivity contribution in [1.29, 1.82) is 0 Å². The maximum absolute atomic E-state index is 12.6. The number of amides is 1. The average molecular weight is 392 g/mol. The van der Waals surface area contributed by atoms with Crippen molar-refractivity contribution in [3.05, 3.63) is 20.8 Å². The highest BCUT2D eigenvalue weighted by Gasteiger charge is 2.23. The van der Waals surface area contributed by atoms with E-state index in [9.17, 15) is 9.59 Å². The minimum absolute atomic E-state index is 0.0509. The molecule has 0 atom stereocenters. The van der Waals surface area contributed by atoms with Gasteiger partial charge >= 0.3 is 0 Å². The molecule has 2 aliphatic rings. The number of nitrogens with zero attached hydrogens (tertiary/aromatic N) is 2. The van der Waals surface area contributed by atoms with Crippen molar-refractivity contribution >= 4 is 39.2 Å². The first-order valence-electron chi connectivity index (χ1n) is 9.56. The Bertz CT molecular complexity index is 868. The second-order valence-corrected chi connectivity index (χ2v) is 9.39. The summed E-state index contributed by atoms with van der Waals surface area (Å²) in [5.74, 6) is 0.446. The highest BCUT2D eigenvalue weighted by molar-refractivity contribution is 7.99. The number of rotatable bonds is 4. The van der Waals surface area contributed by atoms with Crippen LogP contribution in [0.25, 0.3) is 10.2 Å². The molecule has 5 nitrogen and oxygen atoms in total. The van der Waals surface area contributed by atoms with Crippen LogP contribution >= 0.6 is 23.1 Å². The molecule has 1 saturated carbocycles. The summed E-state index contributed by atoms with van der Waals surface area (Å²) in [4.78, 5) is 36.6. The first-order valence-corrected chi connectivity index (χ1v) is 11.4. The van der Waals surface area contributed by atoms with Crippen LogP contribution in [0.2, 0.25) is 0 Å². The molecule has 2 aliphatic carbocycles. The number of thiophene rings is 1. The number of carbonyl (C=O) groups is 1. The average Bonchev–Trinajstić information content (AvgIpc) is 3.05. The van der Waals surface area contributed by atoms with Crippen molar-refractivity contribution in [2.24, 2.45) is 0 Å². The van der Waals surface area contributed by atoms with Gasteiger partial charge in [0.05, 0.1) is 11.1 Å². The van der Waals surface area contributed by atoms with Gasteiger partial charge in [0, 0.05) is 18.0 Å². The Kier molecular flexibility index (Phi) is 5.36. The summed E-state index contributed by atoms with van der Waals surface area (Å²) in [7, 11) is 1.91. The Morgan fingerprint density at radius 2 is 2.00 bits per heavy atom. The topological polar surface area (TPSA) is 66.1 Å². The van der Waals surface area contributed by atoms with Crippen LogP contribution in [0.4, 0.5) is 0 Å². The van der Waals surface area contributed by atoms with E-state index in [1.807, 2.05) is 11.9 Å². The summed E-state index contributed by atoms with van der Waals surface area (Å²) in [6.45, 7) is 0. The van der Waals surface area contributed by atoms with E-state index in [1.54, 1.807) is 11.3 Å². The first-order chi connectivity index (χ1) is 12.6. The highest BCUT2D eigenvalue weighted by Crippen LogP contribution is 2.34. The molecule has 2 aromatic heterocycles. The maximum Gasteiger partial charge on any atom is 0.260 e. The minimum atomic E-state index is -0.0509. The van der Waals surface area contributed by atoms with E-state index >= 15 is 0 Å². The van der Waals surface area contributed by atoms with Crippen LogP contribution in [-0.2, 0) is 17.6 Å². The molecule has 26 heavy (non-hydrogen) atoms. The van der Waals surface area contributed by atoms with Crippen molar-refractivity contribution in [1.82, 2.24) is 14.9 Å². The second-order valence-electron chi connectivity index (χ2n) is 7.35. The van der Waals surface area contributed by atoms with Crippen LogP contribution in [0.15, 0.2) is 9.95 Å². The largest absolute Gasteiger partial charge is 0.342 e. The molecule has 1 amide bonds. The molecule has 0 saturated heterocycles. The zero-order chi connectivity index (χ0) is 18.1. The molecule has 0 aliphatic heterocycles. The number of aromatic nitrogens is 2. The van der Waals surface area contributed by atoms with Crippen molar-refractivity contribution < 1.29 is 4.79 Å². The third-order valence-corrected chi connectivity index (χ3v) is 7.70. The van der Waals surface area contributed by atoms with Crippen LogP contribution in [-0.4, -0.2) is 39.6 Å². The molecule has 0 bridgehead atoms. The van der Waals surface area contributed by atoms with E-state index in [0.717, 1.165) is 42.3 Å². The van der Waals surface area contributed by atoms with Gasteiger partial charge in [0.25, 0.3) is 5.56 Å². The summed E-state index contributed by atoms with van der Waals surface area (Å²) in [6, 6.07) is 0.371. The van der Waals surface area contributed by atoms with Crippen LogP contribution in [0.3, 0.4) is 0 Å². The number of aromatic amines is 1. The van der Waals surface area contributed by atoms with E-state index in [1.165, 1.54) is 47.9 Å². The van der Waals surface area contributed by atoms with Gasteiger partial charge in [-0.15, -0.1) is 11.3 Å². The smallest absolute Gasteiger partial charge is 0.260 e. The van der Waals surface area contributed by atoms with Gasteiger partial charge in [-0.25, -0.2) is 4.98 Å². The maximum atomic E-state index is 12.6. The Morgan fingerprint density at radius 1 is 1.23 bits per heavy atom. The molecule has 2 heterocycles. The zero-order valence-corrected chi connectivity index (χ0v) is 16.8. The number of carbonyl (C=O) groups excluding carboxylic acids is 1. The molecule has 140 valence electrons. The van der Waals surface area contributed by atoms with E-state index in [4.69, 9.17) is 0 Å². The third kappa shape index (κ3) is 3.56. The number of fused-ring (bicyclic) bond motifs is 3. The van der Waals surface area contributed by atoms with E-state index in [0.29, 0.717) is 17.0 Å². The predicted octanol–water partition coefficient (Wildman–Crippen LogP) is 3.75. The fourth-order valence-corrected chi connectivity index (χ4v) is 6.22. The van der Waals surface area contributed by atoms with E-state index in [2.05, 4.69) is 9.97 Å². The summed E-state index contributed by atoms with van der Waals surface area (Å²) in [5.41, 5.74) is 1.15. The Balaban J connectivity index is 1.47. The Hall–Kier alpha value is -1.34. The standard InChI is InChI=1S/C19H25N3O2S2/c1-22(12-7-3-2-4-8-12)15(23)11-25-19-20-17(24)16-13-9-5-6-10-14(13)26-18(16)21-19/h12H,2-11H2,1H3,(H,20,21,24). The van der Waals surface area contributed by atoms with Gasteiger partial charge in [-0.3, -0.25) is 9.59 Å². The number of nitrogens with one attached hydrogen (secondary N) is 1. The van der Waals surface area contributed by atoms with Gasteiger partial charge in [-0.1, -0.05) is 31.0 Å². The zero-order valence-electron chi connectivity index (χ0n) is 15.2. The molecular weight excluding hydrogens is 366 g/mol. The Labute approximate surface area is 161 Å². The number of hydrogen-bond donors (Lipinski definition) is 1. The molecule has 0 radical (unpaired) electrons. The minimum Gasteiger partial charge on any atom is -0.342 e. The van der Waals surface area contributed by atoms with Crippen molar-refractivity contribution in [3.8, 4) is 0 Å². The van der Waals surface area contributed by atoms with Gasteiger partial charge in [-0.05, 0) is 44.1 Å².